The summed E-state index contributed by atoms with van der Waals surface area (Å²) in [6.07, 6.45) is 0. The molecule has 3 aromatic rings. The van der Waals surface area contributed by atoms with Gasteiger partial charge in [0.25, 0.3) is 5.91 Å². The lowest BCUT2D eigenvalue weighted by molar-refractivity contribution is -0.141. The molecule has 0 aliphatic rings. The first-order valence-corrected chi connectivity index (χ1v) is 9.31. The van der Waals surface area contributed by atoms with E-state index >= 15 is 0 Å². The molecule has 0 saturated heterocycles. The first-order valence-electron chi connectivity index (χ1n) is 9.31. The number of carbonyl (C=O) groups excluding carboxylic acids is 1. The van der Waals surface area contributed by atoms with Crippen LogP contribution < -0.4 is 0 Å². The number of benzene rings is 2. The van der Waals surface area contributed by atoms with E-state index in [1.807, 2.05) is 6.92 Å². The maximum Gasteiger partial charge on any atom is 0.311 e. The van der Waals surface area contributed by atoms with Crippen LogP contribution in [0.2, 0.25) is 0 Å². The summed E-state index contributed by atoms with van der Waals surface area (Å²) in [5.41, 5.74) is 1.76. The van der Waals surface area contributed by atoms with Gasteiger partial charge in [-0.2, -0.15) is 0 Å². The van der Waals surface area contributed by atoms with Crippen LogP contribution in [0.15, 0.2) is 36.4 Å². The van der Waals surface area contributed by atoms with E-state index in [0.29, 0.717) is 22.2 Å². The molecule has 0 bridgehead atoms. The monoisotopic (exact) mass is 397 g/mol. The zero-order valence-electron chi connectivity index (χ0n) is 17.1. The van der Waals surface area contributed by atoms with Crippen LogP contribution in [0.5, 0.6) is 5.75 Å². The summed E-state index contributed by atoms with van der Waals surface area (Å²) in [6, 6.07) is 9.24. The van der Waals surface area contributed by atoms with E-state index in [9.17, 15) is 24.2 Å². The molecule has 152 valence electrons. The summed E-state index contributed by atoms with van der Waals surface area (Å²) in [5.74, 6) is -3.85. The minimum Gasteiger partial charge on any atom is -0.505 e. The van der Waals surface area contributed by atoms with E-state index in [-0.39, 0.29) is 11.4 Å². The molecule has 2 aromatic carbocycles. The number of rotatable bonds is 3. The molecule has 29 heavy (non-hydrogen) atoms. The average molecular weight is 397 g/mol. The van der Waals surface area contributed by atoms with Crippen molar-refractivity contribution >= 4 is 22.8 Å². The van der Waals surface area contributed by atoms with Gasteiger partial charge in [0.1, 0.15) is 0 Å². The van der Waals surface area contributed by atoms with Crippen molar-refractivity contribution in [3.63, 3.8) is 0 Å². The normalized spacial score (nSPS) is 12.9. The highest BCUT2D eigenvalue weighted by molar-refractivity contribution is 6.05. The molecule has 2 N–H and O–H groups in total. The highest BCUT2D eigenvalue weighted by Crippen LogP contribution is 2.43. The van der Waals surface area contributed by atoms with Gasteiger partial charge in [-0.25, -0.2) is 4.39 Å². The summed E-state index contributed by atoms with van der Waals surface area (Å²) in [7, 11) is 0. The van der Waals surface area contributed by atoms with Gasteiger partial charge in [0.2, 0.25) is 0 Å². The lowest BCUT2D eigenvalue weighted by Crippen LogP contribution is -2.27. The Hall–Kier alpha value is -3.15. The first-order chi connectivity index (χ1) is 13.4. The van der Waals surface area contributed by atoms with E-state index in [4.69, 9.17) is 0 Å². The van der Waals surface area contributed by atoms with Gasteiger partial charge in [0.05, 0.1) is 11.4 Å². The van der Waals surface area contributed by atoms with Gasteiger partial charge in [-0.1, -0.05) is 38.5 Å². The maximum atomic E-state index is 14.2. The lowest BCUT2D eigenvalue weighted by Gasteiger charge is -2.27. The van der Waals surface area contributed by atoms with Crippen LogP contribution in [0, 0.1) is 25.1 Å². The average Bonchev–Trinajstić information content (AvgIpc) is 2.86. The fourth-order valence-corrected chi connectivity index (χ4v) is 3.83. The number of phenolic OH excluding ortho intramolecular Hbond substituents is 1. The Morgan fingerprint density at radius 3 is 2.17 bits per heavy atom. The van der Waals surface area contributed by atoms with Crippen LogP contribution in [0.3, 0.4) is 0 Å². The number of hydrogen-bond acceptors (Lipinski definition) is 3. The van der Waals surface area contributed by atoms with Crippen LogP contribution in [-0.2, 0) is 4.79 Å². The summed E-state index contributed by atoms with van der Waals surface area (Å²) < 4.78 is 15.5. The van der Waals surface area contributed by atoms with Crippen molar-refractivity contribution in [2.45, 2.75) is 40.5 Å². The standard InChI is InChI=1S/C23H24FNO4/c1-12-6-8-14(9-7-12)21(27)25-13(2)19(20(22(28)29)23(3,4)5)15-10-18(26)16(24)11-17(15)25/h6-11,20,26H,1-5H3,(H,28,29). The van der Waals surface area contributed by atoms with Crippen LogP contribution in [0.1, 0.15) is 53.9 Å². The Kier molecular flexibility index (Phi) is 4.99. The molecule has 0 spiro atoms. The zero-order chi connectivity index (χ0) is 21.7. The number of halogens is 1. The van der Waals surface area contributed by atoms with Gasteiger partial charge in [0.15, 0.2) is 11.6 Å². The molecular formula is C23H24FNO4. The van der Waals surface area contributed by atoms with Gasteiger partial charge in [-0.05, 0) is 43.0 Å². The molecule has 3 rings (SSSR count). The molecule has 5 nitrogen and oxygen atoms in total. The summed E-state index contributed by atoms with van der Waals surface area (Å²) in [4.78, 5) is 25.4. The second kappa shape index (κ2) is 7.03. The van der Waals surface area contributed by atoms with E-state index in [1.165, 1.54) is 10.6 Å². The largest absolute Gasteiger partial charge is 0.505 e. The summed E-state index contributed by atoms with van der Waals surface area (Å²) in [5, 5.41) is 20.2. The number of aryl methyl sites for hydroxylation is 1. The number of fused-ring (bicyclic) bond motifs is 1. The minimum atomic E-state index is -1.05. The van der Waals surface area contributed by atoms with Crippen LogP contribution >= 0.6 is 0 Å². The predicted octanol–water partition coefficient (Wildman–Crippen LogP) is 5.01. The van der Waals surface area contributed by atoms with Gasteiger partial charge in [-0.3, -0.25) is 14.2 Å². The third-order valence-electron chi connectivity index (χ3n) is 5.22. The van der Waals surface area contributed by atoms with Crippen molar-refractivity contribution in [3.8, 4) is 5.75 Å². The van der Waals surface area contributed by atoms with E-state index in [0.717, 1.165) is 11.6 Å². The Labute approximate surface area is 168 Å². The van der Waals surface area contributed by atoms with Crippen molar-refractivity contribution in [2.24, 2.45) is 5.41 Å². The molecule has 0 aliphatic carbocycles. The fourth-order valence-electron chi connectivity index (χ4n) is 3.83. The number of carbonyl (C=O) groups is 2. The van der Waals surface area contributed by atoms with Crippen LogP contribution in [0.4, 0.5) is 4.39 Å². The SMILES string of the molecule is Cc1ccc(C(=O)n2c(C)c(C(C(=O)O)C(C)(C)C)c3cc(O)c(F)cc32)cc1. The number of aromatic nitrogens is 1. The number of aliphatic carboxylic acids is 1. The molecule has 1 atom stereocenters. The highest BCUT2D eigenvalue weighted by atomic mass is 19.1. The molecule has 0 radical (unpaired) electrons. The fraction of sp³-hybridized carbons (Fsp3) is 0.304. The minimum absolute atomic E-state index is 0.230. The van der Waals surface area contributed by atoms with E-state index in [2.05, 4.69) is 0 Å². The summed E-state index contributed by atoms with van der Waals surface area (Å²) >= 11 is 0. The first kappa shape index (κ1) is 20.6. The quantitative estimate of drug-likeness (QED) is 0.651. The molecule has 0 fully saturated rings. The van der Waals surface area contributed by atoms with Gasteiger partial charge in [-0.15, -0.1) is 0 Å². The van der Waals surface area contributed by atoms with Crippen molar-refractivity contribution in [1.82, 2.24) is 4.57 Å². The maximum absolute atomic E-state index is 14.2. The topological polar surface area (TPSA) is 79.5 Å². The lowest BCUT2D eigenvalue weighted by atomic mass is 9.75. The smallest absolute Gasteiger partial charge is 0.311 e. The number of aromatic hydroxyl groups is 1. The Morgan fingerprint density at radius 2 is 1.66 bits per heavy atom. The zero-order valence-corrected chi connectivity index (χ0v) is 17.1. The van der Waals surface area contributed by atoms with E-state index < -0.39 is 28.9 Å². The third kappa shape index (κ3) is 3.50. The second-order valence-corrected chi connectivity index (χ2v) is 8.46. The van der Waals surface area contributed by atoms with Crippen LogP contribution in [0.25, 0.3) is 10.9 Å². The summed E-state index contributed by atoms with van der Waals surface area (Å²) in [6.45, 7) is 8.93. The molecule has 0 saturated carbocycles. The third-order valence-corrected chi connectivity index (χ3v) is 5.22. The number of phenols is 1. The second-order valence-electron chi connectivity index (χ2n) is 8.46. The van der Waals surface area contributed by atoms with E-state index in [1.54, 1.807) is 52.0 Å². The number of hydrogen-bond donors (Lipinski definition) is 2. The van der Waals surface area contributed by atoms with Gasteiger partial charge in [0, 0.05) is 22.7 Å². The number of carboxylic acids is 1. The molecule has 6 heteroatoms. The molecule has 1 heterocycles. The Bertz CT molecular complexity index is 1120. The number of carboxylic acid groups (broad SMARTS) is 1. The molecular weight excluding hydrogens is 373 g/mol. The Balaban J connectivity index is 2.38. The van der Waals surface area contributed by atoms with Gasteiger partial charge >= 0.3 is 5.97 Å². The number of nitrogens with zero attached hydrogens (tertiary/aromatic N) is 1. The van der Waals surface area contributed by atoms with Crippen molar-refractivity contribution in [1.29, 1.82) is 0 Å². The molecule has 1 unspecified atom stereocenters. The van der Waals surface area contributed by atoms with Crippen molar-refractivity contribution in [2.75, 3.05) is 0 Å². The highest BCUT2D eigenvalue weighted by Gasteiger charge is 2.37. The van der Waals surface area contributed by atoms with Crippen molar-refractivity contribution in [3.05, 3.63) is 64.6 Å². The Morgan fingerprint density at radius 1 is 1.07 bits per heavy atom. The molecule has 0 amide bonds. The predicted molar refractivity (Wildman–Crippen MR) is 109 cm³/mol. The molecule has 0 aliphatic heterocycles. The molecule has 1 aromatic heterocycles. The van der Waals surface area contributed by atoms with Crippen LogP contribution in [-0.4, -0.2) is 26.7 Å². The van der Waals surface area contributed by atoms with Crippen molar-refractivity contribution < 1.29 is 24.2 Å². The van der Waals surface area contributed by atoms with Gasteiger partial charge < -0.3 is 10.2 Å².